The molecule has 132 valence electrons. The van der Waals surface area contributed by atoms with Gasteiger partial charge in [0.05, 0.1) is 22.9 Å². The third-order valence-electron chi connectivity index (χ3n) is 3.16. The van der Waals surface area contributed by atoms with Crippen LogP contribution in [0.25, 0.3) is 0 Å². The quantitative estimate of drug-likeness (QED) is 0.787. The van der Waals surface area contributed by atoms with Crippen LogP contribution >= 0.6 is 11.6 Å². The number of hydrogen-bond acceptors (Lipinski definition) is 5. The molecule has 0 unspecified atom stereocenters. The monoisotopic (exact) mass is 381 g/mol. The van der Waals surface area contributed by atoms with Crippen LogP contribution in [-0.4, -0.2) is 38.0 Å². The minimum atomic E-state index is -3.27. The molecular formula is C16H16ClN3O4S. The lowest BCUT2D eigenvalue weighted by atomic mass is 10.1. The molecule has 25 heavy (non-hydrogen) atoms. The van der Waals surface area contributed by atoms with Gasteiger partial charge >= 0.3 is 0 Å². The average Bonchev–Trinajstić information content (AvgIpc) is 2.55. The van der Waals surface area contributed by atoms with Crippen molar-refractivity contribution in [3.63, 3.8) is 0 Å². The van der Waals surface area contributed by atoms with E-state index in [1.807, 2.05) is 0 Å². The lowest BCUT2D eigenvalue weighted by Gasteiger charge is -2.07. The molecule has 0 bridgehead atoms. The molecule has 2 N–H and O–H groups in total. The molecule has 2 aromatic rings. The lowest BCUT2D eigenvalue weighted by Crippen LogP contribution is -2.33. The molecule has 1 aromatic carbocycles. The van der Waals surface area contributed by atoms with Gasteiger partial charge in [-0.15, -0.1) is 0 Å². The molecule has 0 fully saturated rings. The van der Waals surface area contributed by atoms with E-state index in [4.69, 9.17) is 11.6 Å². The molecular weight excluding hydrogens is 366 g/mol. The van der Waals surface area contributed by atoms with Gasteiger partial charge in [-0.3, -0.25) is 9.59 Å². The van der Waals surface area contributed by atoms with Crippen molar-refractivity contribution in [2.24, 2.45) is 0 Å². The standard InChI is InChI=1S/C16H16ClN3O4S/c1-25(23,24)13-5-2-11(3-6-13)8-15(21)19-10-16(22)20-14-7-4-12(17)9-18-14/h2-7,9H,8,10H2,1H3,(H,19,21)(H,18,20,22). The molecule has 0 aliphatic carbocycles. The minimum absolute atomic E-state index is 0.0382. The summed E-state index contributed by atoms with van der Waals surface area (Å²) >= 11 is 5.70. The van der Waals surface area contributed by atoms with E-state index in [2.05, 4.69) is 15.6 Å². The van der Waals surface area contributed by atoms with Gasteiger partial charge in [0.15, 0.2) is 9.84 Å². The number of carbonyl (C=O) groups excluding carboxylic acids is 2. The molecule has 0 aliphatic heterocycles. The molecule has 1 aromatic heterocycles. The normalized spacial score (nSPS) is 11.0. The first-order chi connectivity index (χ1) is 11.7. The molecule has 0 radical (unpaired) electrons. The summed E-state index contributed by atoms with van der Waals surface area (Å²) in [5.41, 5.74) is 0.643. The Morgan fingerprint density at radius 1 is 1.08 bits per heavy atom. The number of benzene rings is 1. The predicted octanol–water partition coefficient (Wildman–Crippen LogP) is 1.44. The Kier molecular flexibility index (Phi) is 6.11. The third-order valence-corrected chi connectivity index (χ3v) is 4.51. The SMILES string of the molecule is CS(=O)(=O)c1ccc(CC(=O)NCC(=O)Nc2ccc(Cl)cn2)cc1. The van der Waals surface area contributed by atoms with E-state index >= 15 is 0 Å². The fourth-order valence-electron chi connectivity index (χ4n) is 1.92. The number of carbonyl (C=O) groups is 2. The van der Waals surface area contributed by atoms with Crippen LogP contribution in [0.1, 0.15) is 5.56 Å². The van der Waals surface area contributed by atoms with Crippen LogP contribution in [0.15, 0.2) is 47.5 Å². The van der Waals surface area contributed by atoms with Crippen LogP contribution in [0, 0.1) is 0 Å². The number of halogens is 1. The van der Waals surface area contributed by atoms with Crippen LogP contribution in [0.3, 0.4) is 0 Å². The second kappa shape index (κ2) is 8.09. The largest absolute Gasteiger partial charge is 0.347 e. The Bertz CT molecular complexity index is 865. The molecule has 2 amide bonds. The lowest BCUT2D eigenvalue weighted by molar-refractivity contribution is -0.123. The van der Waals surface area contributed by atoms with Crippen molar-refractivity contribution in [1.29, 1.82) is 0 Å². The molecule has 2 rings (SSSR count). The number of rotatable bonds is 6. The topological polar surface area (TPSA) is 105 Å². The minimum Gasteiger partial charge on any atom is -0.347 e. The van der Waals surface area contributed by atoms with E-state index in [9.17, 15) is 18.0 Å². The highest BCUT2D eigenvalue weighted by atomic mass is 35.5. The summed E-state index contributed by atoms with van der Waals surface area (Å²) in [6, 6.07) is 9.14. The molecule has 1 heterocycles. The molecule has 7 nitrogen and oxygen atoms in total. The van der Waals surface area contributed by atoms with Gasteiger partial charge in [-0.05, 0) is 29.8 Å². The molecule has 0 aliphatic rings. The van der Waals surface area contributed by atoms with Gasteiger partial charge in [-0.25, -0.2) is 13.4 Å². The van der Waals surface area contributed by atoms with Crippen LogP contribution in [0.5, 0.6) is 0 Å². The van der Waals surface area contributed by atoms with E-state index in [1.54, 1.807) is 24.3 Å². The zero-order valence-electron chi connectivity index (χ0n) is 13.3. The predicted molar refractivity (Wildman–Crippen MR) is 94.1 cm³/mol. The van der Waals surface area contributed by atoms with Crippen molar-refractivity contribution in [2.75, 3.05) is 18.1 Å². The Labute approximate surface area is 150 Å². The van der Waals surface area contributed by atoms with E-state index in [-0.39, 0.29) is 23.8 Å². The summed E-state index contributed by atoms with van der Waals surface area (Å²) < 4.78 is 22.8. The van der Waals surface area contributed by atoms with Crippen LogP contribution in [0.2, 0.25) is 5.02 Å². The zero-order chi connectivity index (χ0) is 18.4. The Balaban J connectivity index is 1.82. The van der Waals surface area contributed by atoms with E-state index in [0.717, 1.165) is 6.26 Å². The van der Waals surface area contributed by atoms with E-state index in [1.165, 1.54) is 18.3 Å². The van der Waals surface area contributed by atoms with Gasteiger partial charge in [0.25, 0.3) is 0 Å². The maximum atomic E-state index is 11.9. The van der Waals surface area contributed by atoms with E-state index < -0.39 is 15.7 Å². The van der Waals surface area contributed by atoms with Crippen molar-refractivity contribution >= 4 is 39.1 Å². The van der Waals surface area contributed by atoms with Crippen LogP contribution < -0.4 is 10.6 Å². The first-order valence-corrected chi connectivity index (χ1v) is 9.48. The molecule has 0 atom stereocenters. The van der Waals surface area contributed by atoms with Gasteiger partial charge in [0.1, 0.15) is 5.82 Å². The zero-order valence-corrected chi connectivity index (χ0v) is 14.9. The molecule has 9 heteroatoms. The number of aromatic nitrogens is 1. The summed E-state index contributed by atoms with van der Waals surface area (Å²) in [6.07, 6.45) is 2.55. The van der Waals surface area contributed by atoms with Gasteiger partial charge in [-0.2, -0.15) is 0 Å². The fourth-order valence-corrected chi connectivity index (χ4v) is 2.66. The second-order valence-electron chi connectivity index (χ2n) is 5.28. The Hall–Kier alpha value is -2.45. The number of pyridine rings is 1. The van der Waals surface area contributed by atoms with Gasteiger partial charge in [0.2, 0.25) is 11.8 Å². The smallest absolute Gasteiger partial charge is 0.244 e. The average molecular weight is 382 g/mol. The first kappa shape index (κ1) is 18.9. The fraction of sp³-hybridized carbons (Fsp3) is 0.188. The highest BCUT2D eigenvalue weighted by Crippen LogP contribution is 2.11. The maximum Gasteiger partial charge on any atom is 0.244 e. The maximum absolute atomic E-state index is 11.9. The Morgan fingerprint density at radius 3 is 2.32 bits per heavy atom. The number of anilines is 1. The van der Waals surface area contributed by atoms with Crippen molar-refractivity contribution in [3.05, 3.63) is 53.2 Å². The highest BCUT2D eigenvalue weighted by Gasteiger charge is 2.10. The van der Waals surface area contributed by atoms with Crippen LogP contribution in [0.4, 0.5) is 5.82 Å². The second-order valence-corrected chi connectivity index (χ2v) is 7.73. The third kappa shape index (κ3) is 6.17. The number of nitrogens with zero attached hydrogens (tertiary/aromatic N) is 1. The van der Waals surface area contributed by atoms with Crippen molar-refractivity contribution in [1.82, 2.24) is 10.3 Å². The van der Waals surface area contributed by atoms with E-state index in [0.29, 0.717) is 16.4 Å². The molecule has 0 saturated heterocycles. The first-order valence-electron chi connectivity index (χ1n) is 7.21. The highest BCUT2D eigenvalue weighted by molar-refractivity contribution is 7.90. The Morgan fingerprint density at radius 2 is 1.76 bits per heavy atom. The number of hydrogen-bond donors (Lipinski definition) is 2. The van der Waals surface area contributed by atoms with Gasteiger partial charge in [-0.1, -0.05) is 23.7 Å². The molecule has 0 spiro atoms. The van der Waals surface area contributed by atoms with Gasteiger partial charge < -0.3 is 10.6 Å². The number of amides is 2. The van der Waals surface area contributed by atoms with Crippen molar-refractivity contribution < 1.29 is 18.0 Å². The summed E-state index contributed by atoms with van der Waals surface area (Å²) in [5.74, 6) is -0.443. The number of sulfone groups is 1. The molecule has 0 saturated carbocycles. The summed E-state index contributed by atoms with van der Waals surface area (Å²) in [6.45, 7) is -0.204. The van der Waals surface area contributed by atoms with Gasteiger partial charge in [0, 0.05) is 12.5 Å². The van der Waals surface area contributed by atoms with Crippen LogP contribution in [-0.2, 0) is 25.8 Å². The summed E-state index contributed by atoms with van der Waals surface area (Å²) in [7, 11) is -3.27. The summed E-state index contributed by atoms with van der Waals surface area (Å²) in [5, 5.41) is 5.46. The van der Waals surface area contributed by atoms with Crippen molar-refractivity contribution in [2.45, 2.75) is 11.3 Å². The summed E-state index contributed by atoms with van der Waals surface area (Å²) in [4.78, 5) is 27.7. The van der Waals surface area contributed by atoms with Crippen molar-refractivity contribution in [3.8, 4) is 0 Å². The number of nitrogens with one attached hydrogen (secondary N) is 2.